The lowest BCUT2D eigenvalue weighted by molar-refractivity contribution is -0.384. The van der Waals surface area contributed by atoms with Crippen LogP contribution in [-0.4, -0.2) is 78.4 Å². The van der Waals surface area contributed by atoms with E-state index in [9.17, 15) is 19.7 Å². The first-order valence-electron chi connectivity index (χ1n) is 9.18. The van der Waals surface area contributed by atoms with Gasteiger partial charge in [0.25, 0.3) is 11.6 Å². The number of piperazine rings is 2. The Kier molecular flexibility index (Phi) is 5.59. The van der Waals surface area contributed by atoms with Crippen LogP contribution in [0, 0.1) is 10.1 Å². The maximum absolute atomic E-state index is 12.7. The fourth-order valence-corrected chi connectivity index (χ4v) is 3.63. The highest BCUT2D eigenvalue weighted by atomic mass is 16.6. The normalized spacial score (nSPS) is 20.5. The lowest BCUT2D eigenvalue weighted by Crippen LogP contribution is -2.51. The molecular weight excluding hydrogens is 350 g/mol. The summed E-state index contributed by atoms with van der Waals surface area (Å²) in [4.78, 5) is 40.7. The molecule has 2 aliphatic heterocycles. The van der Waals surface area contributed by atoms with Crippen molar-refractivity contribution >= 4 is 23.2 Å². The fourth-order valence-electron chi connectivity index (χ4n) is 3.63. The van der Waals surface area contributed by atoms with Crippen LogP contribution in [0.2, 0.25) is 0 Å². The van der Waals surface area contributed by atoms with E-state index in [0.29, 0.717) is 57.1 Å². The summed E-state index contributed by atoms with van der Waals surface area (Å²) in [7, 11) is 0. The summed E-state index contributed by atoms with van der Waals surface area (Å²) in [6.45, 7) is 7.55. The maximum atomic E-state index is 12.7. The number of nitrogens with one attached hydrogen (secondary N) is 1. The van der Waals surface area contributed by atoms with Gasteiger partial charge in [0.15, 0.2) is 0 Å². The summed E-state index contributed by atoms with van der Waals surface area (Å²) in [5, 5.41) is 14.9. The largest absolute Gasteiger partial charge is 0.362 e. The third kappa shape index (κ3) is 4.19. The van der Waals surface area contributed by atoms with E-state index in [1.54, 1.807) is 21.9 Å². The number of carbonyl (C=O) groups is 2. The van der Waals surface area contributed by atoms with Gasteiger partial charge in [0.1, 0.15) is 5.69 Å². The van der Waals surface area contributed by atoms with Gasteiger partial charge in [0, 0.05) is 70.4 Å². The van der Waals surface area contributed by atoms with Gasteiger partial charge in [-0.1, -0.05) is 0 Å². The highest BCUT2D eigenvalue weighted by molar-refractivity contribution is 5.96. The molecule has 1 unspecified atom stereocenters. The molecule has 1 aromatic carbocycles. The lowest BCUT2D eigenvalue weighted by Gasteiger charge is -2.35. The predicted molar refractivity (Wildman–Crippen MR) is 101 cm³/mol. The Morgan fingerprint density at radius 2 is 1.85 bits per heavy atom. The highest BCUT2D eigenvalue weighted by Gasteiger charge is 2.28. The van der Waals surface area contributed by atoms with Gasteiger partial charge in [-0.3, -0.25) is 19.7 Å². The van der Waals surface area contributed by atoms with Crippen molar-refractivity contribution in [1.29, 1.82) is 0 Å². The molecule has 0 aliphatic carbocycles. The molecule has 0 bridgehead atoms. The van der Waals surface area contributed by atoms with Crippen molar-refractivity contribution in [2.45, 2.75) is 19.9 Å². The number of carbonyl (C=O) groups excluding carboxylic acids is 2. The monoisotopic (exact) mass is 375 g/mol. The third-order valence-corrected chi connectivity index (χ3v) is 5.14. The first-order valence-corrected chi connectivity index (χ1v) is 9.18. The smallest absolute Gasteiger partial charge is 0.293 e. The molecule has 0 saturated carbocycles. The van der Waals surface area contributed by atoms with E-state index >= 15 is 0 Å². The van der Waals surface area contributed by atoms with Crippen LogP contribution in [0.25, 0.3) is 0 Å². The van der Waals surface area contributed by atoms with Crippen LogP contribution in [-0.2, 0) is 4.79 Å². The Labute approximate surface area is 158 Å². The number of hydrogen-bond donors (Lipinski definition) is 1. The molecule has 2 aliphatic rings. The second-order valence-electron chi connectivity index (χ2n) is 7.06. The summed E-state index contributed by atoms with van der Waals surface area (Å²) >= 11 is 0. The average molecular weight is 375 g/mol. The summed E-state index contributed by atoms with van der Waals surface area (Å²) in [5.74, 6) is -0.172. The van der Waals surface area contributed by atoms with Crippen LogP contribution in [0.15, 0.2) is 18.2 Å². The number of rotatable bonds is 3. The molecule has 2 fully saturated rings. The van der Waals surface area contributed by atoms with Gasteiger partial charge in [-0.05, 0) is 19.1 Å². The fraction of sp³-hybridized carbons (Fsp3) is 0.556. The van der Waals surface area contributed by atoms with Gasteiger partial charge in [0.05, 0.1) is 4.92 Å². The van der Waals surface area contributed by atoms with E-state index in [-0.39, 0.29) is 23.5 Å². The molecule has 3 rings (SSSR count). The minimum absolute atomic E-state index is 0.00958. The predicted octanol–water partition coefficient (Wildman–Crippen LogP) is 0.697. The number of nitro groups is 1. The summed E-state index contributed by atoms with van der Waals surface area (Å²) < 4.78 is 0. The minimum atomic E-state index is -0.441. The second kappa shape index (κ2) is 7.91. The van der Waals surface area contributed by atoms with Crippen molar-refractivity contribution in [3.8, 4) is 0 Å². The molecule has 1 N–H and O–H groups in total. The van der Waals surface area contributed by atoms with Crippen molar-refractivity contribution in [1.82, 2.24) is 15.1 Å². The van der Waals surface area contributed by atoms with Crippen molar-refractivity contribution in [3.05, 3.63) is 33.9 Å². The second-order valence-corrected chi connectivity index (χ2v) is 7.06. The molecule has 0 spiro atoms. The number of hydrogen-bond acceptors (Lipinski definition) is 6. The standard InChI is InChI=1S/C18H25N5O4/c1-13-12-22(6-5-19-13)18(25)15-3-4-16(17(11-15)23(26)27)21-9-7-20(8-10-21)14(2)24/h3-4,11,13,19H,5-10,12H2,1-2H3. The first-order chi connectivity index (χ1) is 12.9. The summed E-state index contributed by atoms with van der Waals surface area (Å²) in [6.07, 6.45) is 0. The molecular formula is C18H25N5O4. The van der Waals surface area contributed by atoms with Crippen LogP contribution in [0.5, 0.6) is 0 Å². The first kappa shape index (κ1) is 19.1. The Hall–Kier alpha value is -2.68. The molecule has 1 aromatic rings. The number of anilines is 1. The SMILES string of the molecule is CC(=O)N1CCN(c2ccc(C(=O)N3CCNC(C)C3)cc2[N+](=O)[O-])CC1. The Balaban J connectivity index is 1.80. The Bertz CT molecular complexity index is 745. The molecule has 146 valence electrons. The van der Waals surface area contributed by atoms with Crippen LogP contribution in [0.4, 0.5) is 11.4 Å². The van der Waals surface area contributed by atoms with Crippen molar-refractivity contribution < 1.29 is 14.5 Å². The Morgan fingerprint density at radius 1 is 1.15 bits per heavy atom. The quantitative estimate of drug-likeness (QED) is 0.617. The van der Waals surface area contributed by atoms with E-state index < -0.39 is 4.92 Å². The number of benzene rings is 1. The zero-order chi connectivity index (χ0) is 19.6. The molecule has 2 saturated heterocycles. The lowest BCUT2D eigenvalue weighted by atomic mass is 10.1. The molecule has 9 nitrogen and oxygen atoms in total. The van der Waals surface area contributed by atoms with Crippen LogP contribution >= 0.6 is 0 Å². The van der Waals surface area contributed by atoms with Gasteiger partial charge in [-0.15, -0.1) is 0 Å². The number of nitro benzene ring substituents is 1. The molecule has 2 heterocycles. The molecule has 1 atom stereocenters. The van der Waals surface area contributed by atoms with Gasteiger partial charge < -0.3 is 20.0 Å². The van der Waals surface area contributed by atoms with Crippen molar-refractivity contribution in [2.24, 2.45) is 0 Å². The maximum Gasteiger partial charge on any atom is 0.293 e. The zero-order valence-corrected chi connectivity index (χ0v) is 15.7. The third-order valence-electron chi connectivity index (χ3n) is 5.14. The zero-order valence-electron chi connectivity index (χ0n) is 15.7. The van der Waals surface area contributed by atoms with Crippen LogP contribution < -0.4 is 10.2 Å². The summed E-state index contributed by atoms with van der Waals surface area (Å²) in [5.41, 5.74) is 0.760. The average Bonchev–Trinajstić information content (AvgIpc) is 2.67. The van der Waals surface area contributed by atoms with Gasteiger partial charge in [0.2, 0.25) is 5.91 Å². The minimum Gasteiger partial charge on any atom is -0.362 e. The van der Waals surface area contributed by atoms with E-state index in [1.807, 2.05) is 11.8 Å². The van der Waals surface area contributed by atoms with E-state index in [4.69, 9.17) is 0 Å². The molecule has 2 amide bonds. The van der Waals surface area contributed by atoms with Gasteiger partial charge in [-0.2, -0.15) is 0 Å². The molecule has 27 heavy (non-hydrogen) atoms. The van der Waals surface area contributed by atoms with Crippen molar-refractivity contribution in [3.63, 3.8) is 0 Å². The van der Waals surface area contributed by atoms with E-state index in [0.717, 1.165) is 0 Å². The van der Waals surface area contributed by atoms with Gasteiger partial charge in [-0.25, -0.2) is 0 Å². The van der Waals surface area contributed by atoms with Crippen LogP contribution in [0.1, 0.15) is 24.2 Å². The van der Waals surface area contributed by atoms with E-state index in [1.165, 1.54) is 13.0 Å². The topological polar surface area (TPSA) is 99.0 Å². The molecule has 0 aromatic heterocycles. The van der Waals surface area contributed by atoms with E-state index in [2.05, 4.69) is 5.32 Å². The Morgan fingerprint density at radius 3 is 2.44 bits per heavy atom. The number of amides is 2. The summed E-state index contributed by atoms with van der Waals surface area (Å²) in [6, 6.07) is 4.89. The molecule has 9 heteroatoms. The van der Waals surface area contributed by atoms with Crippen LogP contribution in [0.3, 0.4) is 0 Å². The molecule has 0 radical (unpaired) electrons. The number of nitrogens with zero attached hydrogens (tertiary/aromatic N) is 4. The highest BCUT2D eigenvalue weighted by Crippen LogP contribution is 2.30. The van der Waals surface area contributed by atoms with Gasteiger partial charge >= 0.3 is 0 Å². The van der Waals surface area contributed by atoms with Crippen molar-refractivity contribution in [2.75, 3.05) is 50.7 Å².